The Morgan fingerprint density at radius 1 is 1.27 bits per heavy atom. The largest absolute Gasteiger partial charge is 0.457 e. The van der Waals surface area contributed by atoms with Gasteiger partial charge in [0.2, 0.25) is 0 Å². The summed E-state index contributed by atoms with van der Waals surface area (Å²) in [6, 6.07) is 11.2. The van der Waals surface area contributed by atoms with Crippen LogP contribution in [0.4, 0.5) is 0 Å². The number of hydrogen-bond donors (Lipinski definition) is 1. The number of rotatable bonds is 8. The van der Waals surface area contributed by atoms with Crippen molar-refractivity contribution in [3.63, 3.8) is 0 Å². The second-order valence-electron chi connectivity index (χ2n) is 6.26. The fraction of sp³-hybridized carbons (Fsp3) is 0.421. The molecule has 3 rings (SSSR count). The van der Waals surface area contributed by atoms with Crippen LogP contribution in [0.25, 0.3) is 0 Å². The van der Waals surface area contributed by atoms with E-state index in [2.05, 4.69) is 10.5 Å². The summed E-state index contributed by atoms with van der Waals surface area (Å²) in [6.07, 6.45) is 1.85. The number of benzene rings is 1. The maximum atomic E-state index is 12.0. The summed E-state index contributed by atoms with van der Waals surface area (Å²) in [5.74, 6) is 0.0584. The molecular formula is C19H22N2O5. The van der Waals surface area contributed by atoms with Gasteiger partial charge >= 0.3 is 5.97 Å². The zero-order valence-electron chi connectivity index (χ0n) is 14.5. The predicted molar refractivity (Wildman–Crippen MR) is 92.3 cm³/mol. The summed E-state index contributed by atoms with van der Waals surface area (Å²) in [5, 5.41) is 6.53. The average Bonchev–Trinajstić information content (AvgIpc) is 3.35. The van der Waals surface area contributed by atoms with Crippen molar-refractivity contribution >= 4 is 11.9 Å². The molecule has 26 heavy (non-hydrogen) atoms. The van der Waals surface area contributed by atoms with Crippen LogP contribution in [-0.4, -0.2) is 36.8 Å². The van der Waals surface area contributed by atoms with E-state index in [1.807, 2.05) is 30.3 Å². The number of hydrogen-bond acceptors (Lipinski definition) is 6. The zero-order chi connectivity index (χ0) is 18.2. The lowest BCUT2D eigenvalue weighted by molar-refractivity contribution is -0.145. The number of nitrogens with one attached hydrogen (secondary N) is 1. The number of esters is 1. The van der Waals surface area contributed by atoms with Gasteiger partial charge in [0.25, 0.3) is 5.91 Å². The molecule has 2 heterocycles. The zero-order valence-corrected chi connectivity index (χ0v) is 14.5. The predicted octanol–water partition coefficient (Wildman–Crippen LogP) is 2.12. The Morgan fingerprint density at radius 3 is 2.88 bits per heavy atom. The Labute approximate surface area is 151 Å². The van der Waals surface area contributed by atoms with Gasteiger partial charge in [0.1, 0.15) is 0 Å². The lowest BCUT2D eigenvalue weighted by Gasteiger charge is -2.07. The standard InChI is InChI=1S/C19H22N2O5/c22-18(7-6-14-4-2-1-3-5-14)25-13-16-10-17(21-26-16)19(23)20-11-15-8-9-24-12-15/h1-5,10,15H,6-9,11-13H2,(H,20,23). The maximum absolute atomic E-state index is 12.0. The van der Waals surface area contributed by atoms with E-state index in [1.54, 1.807) is 0 Å². The molecule has 1 aromatic heterocycles. The molecular weight excluding hydrogens is 336 g/mol. The first kappa shape index (κ1) is 18.1. The van der Waals surface area contributed by atoms with Gasteiger partial charge in [0.05, 0.1) is 6.61 Å². The summed E-state index contributed by atoms with van der Waals surface area (Å²) in [7, 11) is 0. The lowest BCUT2D eigenvalue weighted by atomic mass is 10.1. The molecule has 0 aliphatic carbocycles. The van der Waals surface area contributed by atoms with E-state index in [9.17, 15) is 9.59 Å². The molecule has 2 aromatic rings. The van der Waals surface area contributed by atoms with Gasteiger partial charge in [-0.1, -0.05) is 35.5 Å². The minimum atomic E-state index is -0.322. The van der Waals surface area contributed by atoms with Gasteiger partial charge in [-0.3, -0.25) is 9.59 Å². The van der Waals surface area contributed by atoms with Gasteiger partial charge in [-0.15, -0.1) is 0 Å². The second kappa shape index (κ2) is 9.15. The Hall–Kier alpha value is -2.67. The smallest absolute Gasteiger partial charge is 0.306 e. The normalized spacial score (nSPS) is 16.4. The highest BCUT2D eigenvalue weighted by Crippen LogP contribution is 2.12. The maximum Gasteiger partial charge on any atom is 0.306 e. The third-order valence-corrected chi connectivity index (χ3v) is 4.20. The van der Waals surface area contributed by atoms with E-state index in [1.165, 1.54) is 6.07 Å². The van der Waals surface area contributed by atoms with E-state index >= 15 is 0 Å². The molecule has 7 heteroatoms. The van der Waals surface area contributed by atoms with Crippen LogP contribution in [0.2, 0.25) is 0 Å². The molecule has 0 radical (unpaired) electrons. The molecule has 1 aliphatic heterocycles. The van der Waals surface area contributed by atoms with Crippen LogP contribution >= 0.6 is 0 Å². The van der Waals surface area contributed by atoms with Crippen molar-refractivity contribution in [1.29, 1.82) is 0 Å². The van der Waals surface area contributed by atoms with Crippen LogP contribution in [0.3, 0.4) is 0 Å². The highest BCUT2D eigenvalue weighted by atomic mass is 16.5. The molecule has 7 nitrogen and oxygen atoms in total. The van der Waals surface area contributed by atoms with Gasteiger partial charge < -0.3 is 19.3 Å². The van der Waals surface area contributed by atoms with E-state index < -0.39 is 0 Å². The summed E-state index contributed by atoms with van der Waals surface area (Å²) in [4.78, 5) is 23.8. The van der Waals surface area contributed by atoms with Gasteiger partial charge in [0.15, 0.2) is 18.1 Å². The molecule has 138 valence electrons. The van der Waals surface area contributed by atoms with Crippen LogP contribution in [-0.2, 0) is 27.3 Å². The quantitative estimate of drug-likeness (QED) is 0.727. The van der Waals surface area contributed by atoms with Gasteiger partial charge in [-0.2, -0.15) is 0 Å². The molecule has 0 bridgehead atoms. The Balaban J connectivity index is 1.38. The van der Waals surface area contributed by atoms with E-state index in [-0.39, 0.29) is 30.6 Å². The molecule has 1 atom stereocenters. The van der Waals surface area contributed by atoms with Crippen molar-refractivity contribution in [1.82, 2.24) is 10.5 Å². The highest BCUT2D eigenvalue weighted by molar-refractivity contribution is 5.92. The molecule has 0 saturated carbocycles. The second-order valence-corrected chi connectivity index (χ2v) is 6.26. The minimum absolute atomic E-state index is 0.0373. The average molecular weight is 358 g/mol. The van der Waals surface area contributed by atoms with Gasteiger partial charge in [0, 0.05) is 31.6 Å². The fourth-order valence-corrected chi connectivity index (χ4v) is 2.67. The fourth-order valence-electron chi connectivity index (χ4n) is 2.67. The molecule has 1 saturated heterocycles. The number of aryl methyl sites for hydroxylation is 1. The van der Waals surface area contributed by atoms with Crippen LogP contribution in [0.5, 0.6) is 0 Å². The summed E-state index contributed by atoms with van der Waals surface area (Å²) >= 11 is 0. The molecule has 1 aromatic carbocycles. The molecule has 1 unspecified atom stereocenters. The number of carbonyl (C=O) groups excluding carboxylic acids is 2. The first-order valence-corrected chi connectivity index (χ1v) is 8.72. The highest BCUT2D eigenvalue weighted by Gasteiger charge is 2.18. The Kier molecular flexibility index (Phi) is 6.38. The SMILES string of the molecule is O=C(CCc1ccccc1)OCc1cc(C(=O)NCC2CCOC2)no1. The van der Waals surface area contributed by atoms with Crippen molar-refractivity contribution in [3.05, 3.63) is 53.4 Å². The molecule has 1 amide bonds. The number of ether oxygens (including phenoxy) is 2. The summed E-state index contributed by atoms with van der Waals surface area (Å²) < 4.78 is 15.5. The van der Waals surface area contributed by atoms with Crippen molar-refractivity contribution < 1.29 is 23.6 Å². The van der Waals surface area contributed by atoms with Crippen molar-refractivity contribution in [3.8, 4) is 0 Å². The van der Waals surface area contributed by atoms with Crippen molar-refractivity contribution in [2.24, 2.45) is 5.92 Å². The Bertz CT molecular complexity index is 723. The van der Waals surface area contributed by atoms with Gasteiger partial charge in [-0.25, -0.2) is 0 Å². The number of carbonyl (C=O) groups is 2. The van der Waals surface area contributed by atoms with Crippen LogP contribution in [0, 0.1) is 5.92 Å². The van der Waals surface area contributed by atoms with Crippen LogP contribution in [0.15, 0.2) is 40.9 Å². The lowest BCUT2D eigenvalue weighted by Crippen LogP contribution is -2.29. The topological polar surface area (TPSA) is 90.7 Å². The Morgan fingerprint density at radius 2 is 2.12 bits per heavy atom. The summed E-state index contributed by atoms with van der Waals surface area (Å²) in [6.45, 7) is 1.92. The third-order valence-electron chi connectivity index (χ3n) is 4.20. The monoisotopic (exact) mass is 358 g/mol. The summed E-state index contributed by atoms with van der Waals surface area (Å²) in [5.41, 5.74) is 1.26. The molecule has 0 spiro atoms. The van der Waals surface area contributed by atoms with Crippen LogP contribution < -0.4 is 5.32 Å². The van der Waals surface area contributed by atoms with Crippen LogP contribution in [0.1, 0.15) is 34.7 Å². The van der Waals surface area contributed by atoms with Crippen molar-refractivity contribution in [2.75, 3.05) is 19.8 Å². The third kappa shape index (κ3) is 5.42. The molecule has 1 aliphatic rings. The van der Waals surface area contributed by atoms with E-state index in [0.717, 1.165) is 18.6 Å². The van der Waals surface area contributed by atoms with Gasteiger partial charge in [-0.05, 0) is 18.4 Å². The number of nitrogens with zero attached hydrogens (tertiary/aromatic N) is 1. The van der Waals surface area contributed by atoms with E-state index in [4.69, 9.17) is 14.0 Å². The first-order chi connectivity index (χ1) is 12.7. The molecule has 1 N–H and O–H groups in total. The molecule has 1 fully saturated rings. The number of aromatic nitrogens is 1. The first-order valence-electron chi connectivity index (χ1n) is 8.72. The van der Waals surface area contributed by atoms with Crippen molar-refractivity contribution in [2.45, 2.75) is 25.9 Å². The minimum Gasteiger partial charge on any atom is -0.457 e. The van der Waals surface area contributed by atoms with E-state index in [0.29, 0.717) is 31.3 Å². The number of amides is 1.